The lowest BCUT2D eigenvalue weighted by molar-refractivity contribution is -0.122. The van der Waals surface area contributed by atoms with Crippen LogP contribution in [0.4, 0.5) is 0 Å². The Hall–Kier alpha value is -1.57. The van der Waals surface area contributed by atoms with Gasteiger partial charge in [0.15, 0.2) is 0 Å². The molecule has 0 radical (unpaired) electrons. The average molecular weight is 280 g/mol. The summed E-state index contributed by atoms with van der Waals surface area (Å²) in [5.41, 5.74) is 1.80. The molecular weight excluding hydrogens is 262 g/mol. The molecule has 1 saturated heterocycles. The predicted molar refractivity (Wildman–Crippen MR) is 76.1 cm³/mol. The third-order valence-electron chi connectivity index (χ3n) is 3.17. The summed E-state index contributed by atoms with van der Waals surface area (Å²) in [5, 5.41) is 14.8. The number of carbonyl (C=O) groups excluding carboxylic acids is 1. The smallest absolute Gasteiger partial charge is 0.237 e. The van der Waals surface area contributed by atoms with Crippen LogP contribution in [-0.2, 0) is 11.2 Å². The molecule has 2 N–H and O–H groups in total. The zero-order valence-corrected chi connectivity index (χ0v) is 11.5. The average Bonchev–Trinajstić information content (AvgIpc) is 2.93. The van der Waals surface area contributed by atoms with Crippen LogP contribution < -0.4 is 10.6 Å². The predicted octanol–water partition coefficient (Wildman–Crippen LogP) is 1.39. The zero-order chi connectivity index (χ0) is 12.8. The second-order valence-corrected chi connectivity index (χ2v) is 4.50. The molecule has 0 spiro atoms. The van der Waals surface area contributed by atoms with Crippen LogP contribution in [-0.4, -0.2) is 25.0 Å². The summed E-state index contributed by atoms with van der Waals surface area (Å²) in [6.45, 7) is 1.58. The molecule has 1 atom stereocenters. The molecule has 0 saturated carbocycles. The first-order valence-corrected chi connectivity index (χ1v) is 6.30. The fourth-order valence-electron chi connectivity index (χ4n) is 2.11. The third-order valence-corrected chi connectivity index (χ3v) is 3.17. The van der Waals surface area contributed by atoms with Crippen molar-refractivity contribution in [2.45, 2.75) is 25.3 Å². The highest BCUT2D eigenvalue weighted by Gasteiger charge is 2.20. The molecule has 0 aliphatic carbocycles. The van der Waals surface area contributed by atoms with Crippen molar-refractivity contribution in [3.05, 3.63) is 35.4 Å². The van der Waals surface area contributed by atoms with Crippen molar-refractivity contribution in [1.29, 1.82) is 5.26 Å². The molecule has 102 valence electrons. The van der Waals surface area contributed by atoms with Gasteiger partial charge in [-0.1, -0.05) is 12.1 Å². The van der Waals surface area contributed by atoms with E-state index in [1.54, 1.807) is 12.1 Å². The third kappa shape index (κ3) is 4.55. The highest BCUT2D eigenvalue weighted by atomic mass is 35.5. The van der Waals surface area contributed by atoms with E-state index in [-0.39, 0.29) is 24.4 Å². The van der Waals surface area contributed by atoms with E-state index >= 15 is 0 Å². The normalized spacial score (nSPS) is 17.3. The first kappa shape index (κ1) is 15.5. The molecule has 0 unspecified atom stereocenters. The Labute approximate surface area is 119 Å². The van der Waals surface area contributed by atoms with Gasteiger partial charge < -0.3 is 10.6 Å². The molecule has 1 aliphatic heterocycles. The fourth-order valence-corrected chi connectivity index (χ4v) is 2.11. The second-order valence-electron chi connectivity index (χ2n) is 4.50. The van der Waals surface area contributed by atoms with Gasteiger partial charge in [-0.2, -0.15) is 5.26 Å². The maximum atomic E-state index is 11.7. The quantitative estimate of drug-likeness (QED) is 0.875. The largest absolute Gasteiger partial charge is 0.354 e. The van der Waals surface area contributed by atoms with Crippen LogP contribution in [0.1, 0.15) is 24.0 Å². The maximum Gasteiger partial charge on any atom is 0.237 e. The lowest BCUT2D eigenvalue weighted by Crippen LogP contribution is -2.41. The van der Waals surface area contributed by atoms with Crippen LogP contribution in [0.5, 0.6) is 0 Å². The molecule has 5 heteroatoms. The minimum atomic E-state index is -0.00837. The monoisotopic (exact) mass is 279 g/mol. The Morgan fingerprint density at radius 3 is 2.74 bits per heavy atom. The number of carbonyl (C=O) groups is 1. The van der Waals surface area contributed by atoms with Crippen LogP contribution >= 0.6 is 12.4 Å². The van der Waals surface area contributed by atoms with Gasteiger partial charge in [0.05, 0.1) is 17.7 Å². The van der Waals surface area contributed by atoms with Gasteiger partial charge in [-0.3, -0.25) is 4.79 Å². The van der Waals surface area contributed by atoms with Gasteiger partial charge in [0.1, 0.15) is 0 Å². The molecular formula is C14H18ClN3O. The van der Waals surface area contributed by atoms with Gasteiger partial charge in [0.2, 0.25) is 5.91 Å². The number of hydrogen-bond acceptors (Lipinski definition) is 3. The van der Waals surface area contributed by atoms with E-state index in [1.165, 1.54) is 0 Å². The number of nitriles is 1. The Morgan fingerprint density at radius 2 is 2.16 bits per heavy atom. The van der Waals surface area contributed by atoms with Crippen molar-refractivity contribution in [3.8, 4) is 6.07 Å². The first-order chi connectivity index (χ1) is 8.79. The van der Waals surface area contributed by atoms with E-state index in [4.69, 9.17) is 5.26 Å². The van der Waals surface area contributed by atoms with Gasteiger partial charge in [0.25, 0.3) is 0 Å². The molecule has 1 aromatic rings. The molecule has 1 aromatic carbocycles. The van der Waals surface area contributed by atoms with E-state index in [9.17, 15) is 4.79 Å². The van der Waals surface area contributed by atoms with E-state index in [0.29, 0.717) is 12.1 Å². The molecule has 1 heterocycles. The van der Waals surface area contributed by atoms with Gasteiger partial charge in [0, 0.05) is 6.54 Å². The summed E-state index contributed by atoms with van der Waals surface area (Å²) in [5.74, 6) is 0.0983. The van der Waals surface area contributed by atoms with Crippen LogP contribution in [0, 0.1) is 11.3 Å². The number of benzene rings is 1. The number of hydrogen-bond donors (Lipinski definition) is 2. The molecule has 1 fully saturated rings. The van der Waals surface area contributed by atoms with E-state index < -0.39 is 0 Å². The fraction of sp³-hybridized carbons (Fsp3) is 0.429. The summed E-state index contributed by atoms with van der Waals surface area (Å²) in [4.78, 5) is 11.7. The highest BCUT2D eigenvalue weighted by Crippen LogP contribution is 2.05. The van der Waals surface area contributed by atoms with Crippen LogP contribution in [0.15, 0.2) is 24.3 Å². The van der Waals surface area contributed by atoms with E-state index in [2.05, 4.69) is 16.7 Å². The van der Waals surface area contributed by atoms with Gasteiger partial charge >= 0.3 is 0 Å². The number of halogens is 1. The van der Waals surface area contributed by atoms with Crippen molar-refractivity contribution >= 4 is 18.3 Å². The number of amides is 1. The standard InChI is InChI=1S/C14H17N3O.ClH/c15-10-12-5-3-11(4-6-12)7-9-17-14(18)13-2-1-8-16-13;/h3-6,13,16H,1-2,7-9H2,(H,17,18);1H/t13-;/m0./s1. The summed E-state index contributed by atoms with van der Waals surface area (Å²) in [6.07, 6.45) is 2.81. The Kier molecular flexibility index (Phi) is 6.34. The van der Waals surface area contributed by atoms with Gasteiger partial charge in [-0.25, -0.2) is 0 Å². The van der Waals surface area contributed by atoms with Crippen LogP contribution in [0.25, 0.3) is 0 Å². The summed E-state index contributed by atoms with van der Waals surface area (Å²) in [6, 6.07) is 9.54. The number of nitrogens with zero attached hydrogens (tertiary/aromatic N) is 1. The second kappa shape index (κ2) is 7.78. The van der Waals surface area contributed by atoms with Crippen molar-refractivity contribution in [3.63, 3.8) is 0 Å². The molecule has 1 aliphatic rings. The van der Waals surface area contributed by atoms with Gasteiger partial charge in [-0.15, -0.1) is 12.4 Å². The van der Waals surface area contributed by atoms with Crippen LogP contribution in [0.2, 0.25) is 0 Å². The van der Waals surface area contributed by atoms with E-state index in [1.807, 2.05) is 12.1 Å². The summed E-state index contributed by atoms with van der Waals surface area (Å²) in [7, 11) is 0. The lowest BCUT2D eigenvalue weighted by Gasteiger charge is -2.10. The summed E-state index contributed by atoms with van der Waals surface area (Å²) < 4.78 is 0. The molecule has 19 heavy (non-hydrogen) atoms. The molecule has 1 amide bonds. The Balaban J connectivity index is 0.00000180. The SMILES string of the molecule is Cl.N#Cc1ccc(CCNC(=O)[C@@H]2CCCN2)cc1. The summed E-state index contributed by atoms with van der Waals surface area (Å²) >= 11 is 0. The highest BCUT2D eigenvalue weighted by molar-refractivity contribution is 5.85. The van der Waals surface area contributed by atoms with Crippen molar-refractivity contribution in [2.24, 2.45) is 0 Å². The van der Waals surface area contributed by atoms with Crippen molar-refractivity contribution in [1.82, 2.24) is 10.6 Å². The number of rotatable bonds is 4. The minimum Gasteiger partial charge on any atom is -0.354 e. The van der Waals surface area contributed by atoms with Crippen LogP contribution in [0.3, 0.4) is 0 Å². The number of nitrogens with one attached hydrogen (secondary N) is 2. The molecule has 2 rings (SSSR count). The maximum absolute atomic E-state index is 11.7. The molecule has 4 nitrogen and oxygen atoms in total. The van der Waals surface area contributed by atoms with Gasteiger partial charge in [-0.05, 0) is 43.5 Å². The van der Waals surface area contributed by atoms with Crippen molar-refractivity contribution < 1.29 is 4.79 Å². The topological polar surface area (TPSA) is 64.9 Å². The molecule has 0 aromatic heterocycles. The lowest BCUT2D eigenvalue weighted by atomic mass is 10.1. The zero-order valence-electron chi connectivity index (χ0n) is 10.7. The Bertz CT molecular complexity index is 447. The first-order valence-electron chi connectivity index (χ1n) is 6.30. The Morgan fingerprint density at radius 1 is 1.42 bits per heavy atom. The van der Waals surface area contributed by atoms with Crippen molar-refractivity contribution in [2.75, 3.05) is 13.1 Å². The minimum absolute atomic E-state index is 0. The molecule has 0 bridgehead atoms. The van der Waals surface area contributed by atoms with E-state index in [0.717, 1.165) is 31.4 Å².